The zero-order valence-corrected chi connectivity index (χ0v) is 12.6. The van der Waals surface area contributed by atoms with Crippen LogP contribution in [0.15, 0.2) is 66.9 Å². The number of urea groups is 1. The minimum Gasteiger partial charge on any atom is -0.439 e. The fourth-order valence-electron chi connectivity index (χ4n) is 1.96. The lowest BCUT2D eigenvalue weighted by atomic mass is 10.3. The number of rotatable bonds is 4. The van der Waals surface area contributed by atoms with Crippen molar-refractivity contribution in [1.29, 1.82) is 0 Å². The molecule has 7 nitrogen and oxygen atoms in total. The van der Waals surface area contributed by atoms with E-state index >= 15 is 0 Å². The van der Waals surface area contributed by atoms with Gasteiger partial charge in [0.25, 0.3) is 0 Å². The van der Waals surface area contributed by atoms with Crippen LogP contribution in [0.1, 0.15) is 0 Å². The van der Waals surface area contributed by atoms with Crippen molar-refractivity contribution >= 4 is 23.4 Å². The van der Waals surface area contributed by atoms with Gasteiger partial charge in [-0.05, 0) is 36.4 Å². The largest absolute Gasteiger partial charge is 0.439 e. The number of nitrogens with zero attached hydrogens (tertiary/aromatic N) is 2. The van der Waals surface area contributed by atoms with Crippen LogP contribution in [0, 0.1) is 0 Å². The zero-order chi connectivity index (χ0) is 16.8. The Kier molecular flexibility index (Phi) is 4.52. The molecule has 4 N–H and O–H groups in total. The highest BCUT2D eigenvalue weighted by Gasteiger charge is 2.04. The van der Waals surface area contributed by atoms with Gasteiger partial charge >= 0.3 is 6.03 Å². The van der Waals surface area contributed by atoms with E-state index in [9.17, 15) is 4.79 Å². The Hall–Kier alpha value is -3.61. The molecule has 0 unspecified atom stereocenters. The Bertz CT molecular complexity index is 822. The molecule has 0 aliphatic heterocycles. The van der Waals surface area contributed by atoms with Crippen LogP contribution in [0.25, 0.3) is 0 Å². The Morgan fingerprint density at radius 3 is 2.25 bits per heavy atom. The summed E-state index contributed by atoms with van der Waals surface area (Å²) in [6, 6.07) is 17.4. The first-order chi connectivity index (χ1) is 11.7. The summed E-state index contributed by atoms with van der Waals surface area (Å²) in [5.41, 5.74) is 6.85. The Morgan fingerprint density at radius 1 is 0.917 bits per heavy atom. The number of nitrogens with one attached hydrogen (secondary N) is 2. The summed E-state index contributed by atoms with van der Waals surface area (Å²) in [6.07, 6.45) is 1.52. The molecular weight excluding hydrogens is 306 g/mol. The zero-order valence-electron chi connectivity index (χ0n) is 12.6. The molecule has 0 atom stereocenters. The van der Waals surface area contributed by atoms with Crippen molar-refractivity contribution in [2.45, 2.75) is 0 Å². The van der Waals surface area contributed by atoms with Gasteiger partial charge in [-0.1, -0.05) is 18.2 Å². The quantitative estimate of drug-likeness (QED) is 0.682. The van der Waals surface area contributed by atoms with Crippen molar-refractivity contribution in [3.63, 3.8) is 0 Å². The first-order valence-corrected chi connectivity index (χ1v) is 7.18. The van der Waals surface area contributed by atoms with Gasteiger partial charge in [0.15, 0.2) is 0 Å². The van der Waals surface area contributed by atoms with Gasteiger partial charge in [0.2, 0.25) is 11.8 Å². The summed E-state index contributed by atoms with van der Waals surface area (Å²) >= 11 is 0. The SMILES string of the molecule is Nc1nccc(Oc2ccc(NC(=O)Nc3ccccc3)cc2)n1. The number of nitrogen functional groups attached to an aromatic ring is 1. The van der Waals surface area contributed by atoms with Crippen LogP contribution in [0.4, 0.5) is 22.1 Å². The lowest BCUT2D eigenvalue weighted by Crippen LogP contribution is -2.19. The van der Waals surface area contributed by atoms with E-state index in [1.807, 2.05) is 30.3 Å². The number of nitrogens with two attached hydrogens (primary N) is 1. The molecule has 0 bridgehead atoms. The van der Waals surface area contributed by atoms with E-state index in [4.69, 9.17) is 10.5 Å². The second-order valence-electron chi connectivity index (χ2n) is 4.82. The fraction of sp³-hybridized carbons (Fsp3) is 0. The third-order valence-electron chi connectivity index (χ3n) is 3.01. The summed E-state index contributed by atoms with van der Waals surface area (Å²) in [7, 11) is 0. The molecule has 0 aliphatic rings. The average molecular weight is 321 g/mol. The maximum Gasteiger partial charge on any atom is 0.323 e. The van der Waals surface area contributed by atoms with Crippen LogP contribution in [-0.2, 0) is 0 Å². The lowest BCUT2D eigenvalue weighted by molar-refractivity contribution is 0.262. The van der Waals surface area contributed by atoms with Gasteiger partial charge in [0.1, 0.15) is 5.75 Å². The topological polar surface area (TPSA) is 102 Å². The molecule has 3 rings (SSSR count). The molecule has 120 valence electrons. The predicted octanol–water partition coefficient (Wildman–Crippen LogP) is 3.50. The molecule has 2 aromatic carbocycles. The molecule has 0 spiro atoms. The summed E-state index contributed by atoms with van der Waals surface area (Å²) in [6.45, 7) is 0. The number of carbonyl (C=O) groups excluding carboxylic acids is 1. The van der Waals surface area contributed by atoms with Crippen LogP contribution in [-0.4, -0.2) is 16.0 Å². The molecule has 1 aromatic heterocycles. The van der Waals surface area contributed by atoms with E-state index in [0.717, 1.165) is 5.69 Å². The van der Waals surface area contributed by atoms with E-state index in [-0.39, 0.29) is 12.0 Å². The lowest BCUT2D eigenvalue weighted by Gasteiger charge is -2.09. The highest BCUT2D eigenvalue weighted by Crippen LogP contribution is 2.21. The average Bonchev–Trinajstić information content (AvgIpc) is 2.57. The number of aromatic nitrogens is 2. The number of hydrogen-bond donors (Lipinski definition) is 3. The predicted molar refractivity (Wildman–Crippen MR) is 92.0 cm³/mol. The highest BCUT2D eigenvalue weighted by molar-refractivity contribution is 5.99. The Morgan fingerprint density at radius 2 is 1.58 bits per heavy atom. The minimum absolute atomic E-state index is 0.142. The van der Waals surface area contributed by atoms with E-state index in [0.29, 0.717) is 17.3 Å². The number of hydrogen-bond acceptors (Lipinski definition) is 5. The van der Waals surface area contributed by atoms with Crippen molar-refractivity contribution in [3.8, 4) is 11.6 Å². The van der Waals surface area contributed by atoms with E-state index < -0.39 is 0 Å². The Balaban J connectivity index is 1.59. The number of anilines is 3. The van der Waals surface area contributed by atoms with Crippen LogP contribution >= 0.6 is 0 Å². The number of amides is 2. The first-order valence-electron chi connectivity index (χ1n) is 7.18. The smallest absolute Gasteiger partial charge is 0.323 e. The second-order valence-corrected chi connectivity index (χ2v) is 4.82. The normalized spacial score (nSPS) is 10.0. The Labute approximate surface area is 138 Å². The molecule has 3 aromatic rings. The molecular formula is C17H15N5O2. The molecule has 1 heterocycles. The van der Waals surface area contributed by atoms with Crippen molar-refractivity contribution in [1.82, 2.24) is 9.97 Å². The van der Waals surface area contributed by atoms with Crippen LogP contribution in [0.3, 0.4) is 0 Å². The van der Waals surface area contributed by atoms with Crippen molar-refractivity contribution in [2.24, 2.45) is 0 Å². The van der Waals surface area contributed by atoms with Crippen LogP contribution < -0.4 is 21.1 Å². The monoisotopic (exact) mass is 321 g/mol. The van der Waals surface area contributed by atoms with E-state index in [1.165, 1.54) is 6.20 Å². The second kappa shape index (κ2) is 7.10. The van der Waals surface area contributed by atoms with Gasteiger partial charge < -0.3 is 21.1 Å². The van der Waals surface area contributed by atoms with E-state index in [2.05, 4.69) is 20.6 Å². The maximum absolute atomic E-state index is 11.9. The minimum atomic E-state index is -0.321. The molecule has 2 amide bonds. The number of carbonyl (C=O) groups is 1. The van der Waals surface area contributed by atoms with Crippen molar-refractivity contribution in [2.75, 3.05) is 16.4 Å². The molecule has 0 fully saturated rings. The van der Waals surface area contributed by atoms with Gasteiger partial charge in [-0.3, -0.25) is 0 Å². The van der Waals surface area contributed by atoms with Gasteiger partial charge in [-0.15, -0.1) is 0 Å². The van der Waals surface area contributed by atoms with Crippen molar-refractivity contribution < 1.29 is 9.53 Å². The number of benzene rings is 2. The first kappa shape index (κ1) is 15.3. The summed E-state index contributed by atoms with van der Waals surface area (Å²) in [5.74, 6) is 1.07. The summed E-state index contributed by atoms with van der Waals surface area (Å²) < 4.78 is 5.56. The van der Waals surface area contributed by atoms with Gasteiger partial charge in [0.05, 0.1) is 0 Å². The van der Waals surface area contributed by atoms with Crippen molar-refractivity contribution in [3.05, 3.63) is 66.9 Å². The third kappa shape index (κ3) is 4.20. The van der Waals surface area contributed by atoms with Gasteiger partial charge in [-0.2, -0.15) is 4.98 Å². The molecule has 0 radical (unpaired) electrons. The molecule has 0 saturated carbocycles. The maximum atomic E-state index is 11.9. The molecule has 7 heteroatoms. The molecule has 24 heavy (non-hydrogen) atoms. The highest BCUT2D eigenvalue weighted by atomic mass is 16.5. The standard InChI is InChI=1S/C17H15N5O2/c18-16-19-11-10-15(22-16)24-14-8-6-13(7-9-14)21-17(23)20-12-4-2-1-3-5-12/h1-11H,(H2,18,19,22)(H2,20,21,23). The molecule has 0 saturated heterocycles. The third-order valence-corrected chi connectivity index (χ3v) is 3.01. The fourth-order valence-corrected chi connectivity index (χ4v) is 1.96. The number of ether oxygens (including phenoxy) is 1. The van der Waals surface area contributed by atoms with Crippen LogP contribution in [0.2, 0.25) is 0 Å². The number of para-hydroxylation sites is 1. The summed E-state index contributed by atoms with van der Waals surface area (Å²) in [4.78, 5) is 19.7. The summed E-state index contributed by atoms with van der Waals surface area (Å²) in [5, 5.41) is 5.48. The van der Waals surface area contributed by atoms with Gasteiger partial charge in [0, 0.05) is 23.6 Å². The van der Waals surface area contributed by atoms with Crippen LogP contribution in [0.5, 0.6) is 11.6 Å². The van der Waals surface area contributed by atoms with E-state index in [1.54, 1.807) is 30.3 Å². The van der Waals surface area contributed by atoms with Gasteiger partial charge in [-0.25, -0.2) is 9.78 Å². The molecule has 0 aliphatic carbocycles.